The Morgan fingerprint density at radius 1 is 1.04 bits per heavy atom. The van der Waals surface area contributed by atoms with Crippen LogP contribution in [0.5, 0.6) is 5.88 Å². The van der Waals surface area contributed by atoms with Crippen molar-refractivity contribution in [2.45, 2.75) is 24.7 Å². The molecule has 25 heavy (non-hydrogen) atoms. The van der Waals surface area contributed by atoms with Crippen molar-refractivity contribution in [3.05, 3.63) is 60.2 Å². The second kappa shape index (κ2) is 7.11. The molecule has 0 fully saturated rings. The summed E-state index contributed by atoms with van der Waals surface area (Å²) in [6.07, 6.45) is 0.726. The fraction of sp³-hybridized carbons (Fsp3) is 0.211. The van der Waals surface area contributed by atoms with Gasteiger partial charge >= 0.3 is 0 Å². The largest absolute Gasteiger partial charge is 0.447 e. The molecule has 3 aromatic rings. The van der Waals surface area contributed by atoms with Crippen LogP contribution in [-0.2, 0) is 0 Å². The summed E-state index contributed by atoms with van der Waals surface area (Å²) in [6.45, 7) is 2.14. The van der Waals surface area contributed by atoms with Crippen molar-refractivity contribution in [1.82, 2.24) is 15.2 Å². The Morgan fingerprint density at radius 2 is 1.84 bits per heavy atom. The standard InChI is InChI=1S/C19H18N4OS/c1-2-12-25-19-21-16-14-10-6-7-11-15(14)20-17(24-18(16)22-23-19)13-8-4-3-5-9-13/h3-11,17,20H,2,12H2,1H3. The van der Waals surface area contributed by atoms with Gasteiger partial charge in [-0.25, -0.2) is 4.98 Å². The SMILES string of the molecule is CCCSc1nnc2c(n1)-c1ccccc1NC(c1ccccc1)O2. The summed E-state index contributed by atoms with van der Waals surface area (Å²) in [5.41, 5.74) is 3.71. The van der Waals surface area contributed by atoms with E-state index in [1.54, 1.807) is 11.8 Å². The quantitative estimate of drug-likeness (QED) is 0.697. The Balaban J connectivity index is 1.79. The van der Waals surface area contributed by atoms with E-state index in [9.17, 15) is 0 Å². The first-order valence-corrected chi connectivity index (χ1v) is 9.29. The van der Waals surface area contributed by atoms with Gasteiger partial charge in [-0.15, -0.1) is 10.2 Å². The topological polar surface area (TPSA) is 59.9 Å². The number of aromatic nitrogens is 3. The Labute approximate surface area is 150 Å². The molecule has 1 atom stereocenters. The zero-order valence-electron chi connectivity index (χ0n) is 13.8. The van der Waals surface area contributed by atoms with Gasteiger partial charge in [-0.05, 0) is 12.5 Å². The van der Waals surface area contributed by atoms with E-state index >= 15 is 0 Å². The van der Waals surface area contributed by atoms with Crippen LogP contribution >= 0.6 is 11.8 Å². The van der Waals surface area contributed by atoms with Gasteiger partial charge in [0.1, 0.15) is 5.69 Å². The predicted molar refractivity (Wildman–Crippen MR) is 99.7 cm³/mol. The molecule has 0 bridgehead atoms. The number of fused-ring (bicyclic) bond motifs is 3. The second-order valence-corrected chi connectivity index (χ2v) is 6.76. The molecule has 0 saturated heterocycles. The number of hydrogen-bond acceptors (Lipinski definition) is 6. The summed E-state index contributed by atoms with van der Waals surface area (Å²) in [4.78, 5) is 4.70. The van der Waals surface area contributed by atoms with Gasteiger partial charge in [0.05, 0.1) is 0 Å². The van der Waals surface area contributed by atoms with E-state index in [1.165, 1.54) is 0 Å². The van der Waals surface area contributed by atoms with Crippen molar-refractivity contribution in [2.24, 2.45) is 0 Å². The molecule has 5 nitrogen and oxygen atoms in total. The lowest BCUT2D eigenvalue weighted by Gasteiger charge is -2.18. The number of nitrogens with zero attached hydrogens (tertiary/aromatic N) is 3. The van der Waals surface area contributed by atoms with Crippen LogP contribution in [0.2, 0.25) is 0 Å². The summed E-state index contributed by atoms with van der Waals surface area (Å²) < 4.78 is 6.13. The Kier molecular flexibility index (Phi) is 4.52. The minimum absolute atomic E-state index is 0.339. The molecule has 0 spiro atoms. The molecular formula is C19H18N4OS. The number of benzene rings is 2. The molecule has 0 aliphatic carbocycles. The van der Waals surface area contributed by atoms with Crippen LogP contribution in [0.3, 0.4) is 0 Å². The van der Waals surface area contributed by atoms with Crippen LogP contribution in [0.25, 0.3) is 11.3 Å². The molecule has 0 amide bonds. The zero-order valence-corrected chi connectivity index (χ0v) is 14.7. The third-order valence-electron chi connectivity index (χ3n) is 3.87. The maximum Gasteiger partial charge on any atom is 0.262 e. The molecule has 1 aromatic heterocycles. The number of hydrogen-bond donors (Lipinski definition) is 1. The molecule has 1 aliphatic rings. The van der Waals surface area contributed by atoms with Gasteiger partial charge in [0.15, 0.2) is 6.23 Å². The first kappa shape index (κ1) is 15.9. The predicted octanol–water partition coefficient (Wildman–Crippen LogP) is 4.54. The fourth-order valence-electron chi connectivity index (χ4n) is 2.69. The Hall–Kier alpha value is -2.60. The number of ether oxygens (including phenoxy) is 1. The smallest absolute Gasteiger partial charge is 0.262 e. The van der Waals surface area contributed by atoms with Crippen LogP contribution in [0, 0.1) is 0 Å². The van der Waals surface area contributed by atoms with E-state index in [0.29, 0.717) is 11.0 Å². The lowest BCUT2D eigenvalue weighted by atomic mass is 10.1. The minimum Gasteiger partial charge on any atom is -0.447 e. The van der Waals surface area contributed by atoms with Crippen LogP contribution in [-0.4, -0.2) is 20.9 Å². The molecule has 2 heterocycles. The van der Waals surface area contributed by atoms with Crippen molar-refractivity contribution in [3.63, 3.8) is 0 Å². The van der Waals surface area contributed by atoms with Crippen LogP contribution in [0.15, 0.2) is 59.8 Å². The molecule has 1 aliphatic heterocycles. The number of anilines is 1. The van der Waals surface area contributed by atoms with Gasteiger partial charge in [-0.2, -0.15) is 0 Å². The molecule has 1 unspecified atom stereocenters. The van der Waals surface area contributed by atoms with Gasteiger partial charge in [0, 0.05) is 22.6 Å². The highest BCUT2D eigenvalue weighted by molar-refractivity contribution is 7.99. The molecule has 1 N–H and O–H groups in total. The average molecular weight is 350 g/mol. The number of para-hydroxylation sites is 1. The van der Waals surface area contributed by atoms with Crippen LogP contribution in [0.1, 0.15) is 25.1 Å². The third kappa shape index (κ3) is 3.30. The van der Waals surface area contributed by atoms with E-state index in [0.717, 1.165) is 34.7 Å². The highest BCUT2D eigenvalue weighted by Gasteiger charge is 2.25. The highest BCUT2D eigenvalue weighted by atomic mass is 32.2. The van der Waals surface area contributed by atoms with E-state index < -0.39 is 0 Å². The maximum absolute atomic E-state index is 6.13. The summed E-state index contributed by atoms with van der Waals surface area (Å²) in [6, 6.07) is 18.1. The Morgan fingerprint density at radius 3 is 2.68 bits per heavy atom. The maximum atomic E-state index is 6.13. The van der Waals surface area contributed by atoms with Crippen molar-refractivity contribution in [3.8, 4) is 17.1 Å². The molecule has 4 rings (SSSR count). The molecule has 2 aromatic carbocycles. The molecule has 0 saturated carbocycles. The van der Waals surface area contributed by atoms with Gasteiger partial charge in [0.25, 0.3) is 5.88 Å². The molecule has 6 heteroatoms. The fourth-order valence-corrected chi connectivity index (χ4v) is 3.33. The van der Waals surface area contributed by atoms with E-state index in [-0.39, 0.29) is 6.23 Å². The second-order valence-electron chi connectivity index (χ2n) is 5.70. The molecular weight excluding hydrogens is 332 g/mol. The zero-order chi connectivity index (χ0) is 17.1. The van der Waals surface area contributed by atoms with Crippen molar-refractivity contribution >= 4 is 17.4 Å². The number of thioether (sulfide) groups is 1. The van der Waals surface area contributed by atoms with Crippen molar-refractivity contribution in [2.75, 3.05) is 11.1 Å². The highest BCUT2D eigenvalue weighted by Crippen LogP contribution is 2.39. The lowest BCUT2D eigenvalue weighted by Crippen LogP contribution is -2.17. The van der Waals surface area contributed by atoms with Crippen molar-refractivity contribution in [1.29, 1.82) is 0 Å². The van der Waals surface area contributed by atoms with Gasteiger partial charge in [0.2, 0.25) is 5.16 Å². The van der Waals surface area contributed by atoms with Crippen molar-refractivity contribution < 1.29 is 4.74 Å². The summed E-state index contributed by atoms with van der Waals surface area (Å²) in [5, 5.41) is 12.7. The first-order valence-electron chi connectivity index (χ1n) is 8.30. The van der Waals surface area contributed by atoms with Gasteiger partial charge in [-0.3, -0.25) is 0 Å². The van der Waals surface area contributed by atoms with E-state index in [4.69, 9.17) is 9.72 Å². The summed E-state index contributed by atoms with van der Waals surface area (Å²) >= 11 is 1.61. The summed E-state index contributed by atoms with van der Waals surface area (Å²) in [5.74, 6) is 1.42. The average Bonchev–Trinajstić information content (AvgIpc) is 2.84. The van der Waals surface area contributed by atoms with Gasteiger partial charge in [-0.1, -0.05) is 67.2 Å². The monoisotopic (exact) mass is 350 g/mol. The van der Waals surface area contributed by atoms with Gasteiger partial charge < -0.3 is 10.1 Å². The van der Waals surface area contributed by atoms with E-state index in [1.807, 2.05) is 54.6 Å². The van der Waals surface area contributed by atoms with E-state index in [2.05, 4.69) is 22.4 Å². The first-order chi connectivity index (χ1) is 12.3. The molecule has 126 valence electrons. The summed E-state index contributed by atoms with van der Waals surface area (Å²) in [7, 11) is 0. The normalized spacial score (nSPS) is 15.3. The van der Waals surface area contributed by atoms with Crippen LogP contribution in [0.4, 0.5) is 5.69 Å². The Bertz CT molecular complexity index is 872. The third-order valence-corrected chi connectivity index (χ3v) is 4.92. The number of nitrogens with one attached hydrogen (secondary N) is 1. The lowest BCUT2D eigenvalue weighted by molar-refractivity contribution is 0.224. The molecule has 0 radical (unpaired) electrons. The minimum atomic E-state index is -0.339. The number of rotatable bonds is 4. The van der Waals surface area contributed by atoms with Crippen LogP contribution < -0.4 is 10.1 Å².